The number of hydrogen-bond donors (Lipinski definition) is 0. The van der Waals surface area contributed by atoms with Crippen molar-refractivity contribution < 1.29 is 4.39 Å². The van der Waals surface area contributed by atoms with Gasteiger partial charge in [0.15, 0.2) is 0 Å². The second-order valence-corrected chi connectivity index (χ2v) is 6.75. The van der Waals surface area contributed by atoms with Gasteiger partial charge in [0.1, 0.15) is 5.82 Å². The Hall–Kier alpha value is -1.37. The summed E-state index contributed by atoms with van der Waals surface area (Å²) in [6.45, 7) is 4.44. The lowest BCUT2D eigenvalue weighted by Crippen LogP contribution is -1.92. The molecule has 0 aromatic heterocycles. The molecule has 0 nitrogen and oxygen atoms in total. The van der Waals surface area contributed by atoms with Gasteiger partial charge >= 0.3 is 0 Å². The Morgan fingerprint density at radius 1 is 0.696 bits per heavy atom. The molecule has 0 atom stereocenters. The van der Waals surface area contributed by atoms with Gasteiger partial charge in [-0.05, 0) is 54.3 Å². The molecule has 0 aliphatic rings. The minimum absolute atomic E-state index is 0.0524. The first-order chi connectivity index (χ1) is 11.2. The first-order valence-corrected chi connectivity index (χ1v) is 9.45. The van der Waals surface area contributed by atoms with E-state index in [0.29, 0.717) is 0 Å². The summed E-state index contributed by atoms with van der Waals surface area (Å²) in [7, 11) is 0. The molecule has 0 amide bonds. The number of hydrogen-bond acceptors (Lipinski definition) is 0. The maximum absolute atomic E-state index is 14.4. The summed E-state index contributed by atoms with van der Waals surface area (Å²) in [6, 6.07) is 10.2. The van der Waals surface area contributed by atoms with E-state index in [1.807, 2.05) is 6.07 Å². The molecule has 126 valence electrons. The van der Waals surface area contributed by atoms with Crippen molar-refractivity contribution in [3.05, 3.63) is 47.3 Å². The third-order valence-corrected chi connectivity index (χ3v) is 4.67. The molecule has 0 unspecified atom stereocenters. The van der Waals surface area contributed by atoms with E-state index >= 15 is 0 Å². The highest BCUT2D eigenvalue weighted by Crippen LogP contribution is 2.23. The van der Waals surface area contributed by atoms with Crippen molar-refractivity contribution >= 4 is 10.8 Å². The van der Waals surface area contributed by atoms with Gasteiger partial charge in [-0.1, -0.05) is 70.6 Å². The summed E-state index contributed by atoms with van der Waals surface area (Å²) in [4.78, 5) is 0. The Kier molecular flexibility index (Phi) is 7.58. The van der Waals surface area contributed by atoms with Gasteiger partial charge in [0.25, 0.3) is 0 Å². The van der Waals surface area contributed by atoms with Gasteiger partial charge in [-0.25, -0.2) is 4.39 Å². The van der Waals surface area contributed by atoms with Crippen molar-refractivity contribution in [3.8, 4) is 0 Å². The standard InChI is InChI=1S/C22H31F/c1-3-5-7-8-10-12-19-15-20-14-13-18(11-9-6-4-2)16-21(20)22(23)17-19/h13-17H,3-12H2,1-2H3. The molecule has 0 aliphatic carbocycles. The van der Waals surface area contributed by atoms with Crippen LogP contribution in [0.5, 0.6) is 0 Å². The average Bonchev–Trinajstić information content (AvgIpc) is 2.55. The molecular formula is C22H31F. The monoisotopic (exact) mass is 314 g/mol. The van der Waals surface area contributed by atoms with Crippen LogP contribution in [0.4, 0.5) is 4.39 Å². The van der Waals surface area contributed by atoms with E-state index in [0.717, 1.165) is 29.2 Å². The maximum atomic E-state index is 14.4. The summed E-state index contributed by atoms with van der Waals surface area (Å²) in [5.74, 6) is -0.0524. The zero-order valence-corrected chi connectivity index (χ0v) is 14.8. The van der Waals surface area contributed by atoms with Gasteiger partial charge in [0.05, 0.1) is 0 Å². The van der Waals surface area contributed by atoms with Crippen molar-refractivity contribution in [2.75, 3.05) is 0 Å². The van der Waals surface area contributed by atoms with Crippen LogP contribution in [0, 0.1) is 5.82 Å². The normalized spacial score (nSPS) is 11.3. The lowest BCUT2D eigenvalue weighted by molar-refractivity contribution is 0.622. The molecule has 2 aromatic rings. The highest BCUT2D eigenvalue weighted by atomic mass is 19.1. The molecule has 23 heavy (non-hydrogen) atoms. The molecule has 2 aromatic carbocycles. The van der Waals surface area contributed by atoms with E-state index in [1.54, 1.807) is 6.07 Å². The summed E-state index contributed by atoms with van der Waals surface area (Å²) < 4.78 is 14.4. The Labute approximate surface area is 141 Å². The van der Waals surface area contributed by atoms with Gasteiger partial charge < -0.3 is 0 Å². The fourth-order valence-corrected chi connectivity index (χ4v) is 3.23. The Morgan fingerprint density at radius 2 is 1.35 bits per heavy atom. The molecule has 2 rings (SSSR count). The van der Waals surface area contributed by atoms with Gasteiger partial charge in [-0.2, -0.15) is 0 Å². The van der Waals surface area contributed by atoms with E-state index in [9.17, 15) is 4.39 Å². The van der Waals surface area contributed by atoms with Crippen molar-refractivity contribution in [3.63, 3.8) is 0 Å². The summed E-state index contributed by atoms with van der Waals surface area (Å²) >= 11 is 0. The molecular weight excluding hydrogens is 283 g/mol. The molecule has 0 spiro atoms. The van der Waals surface area contributed by atoms with E-state index in [2.05, 4.69) is 32.0 Å². The van der Waals surface area contributed by atoms with Crippen LogP contribution >= 0.6 is 0 Å². The first kappa shape index (κ1) is 18.0. The van der Waals surface area contributed by atoms with Crippen LogP contribution in [0.15, 0.2) is 30.3 Å². The van der Waals surface area contributed by atoms with E-state index < -0.39 is 0 Å². The van der Waals surface area contributed by atoms with Crippen molar-refractivity contribution in [1.29, 1.82) is 0 Å². The summed E-state index contributed by atoms with van der Waals surface area (Å²) in [5, 5.41) is 1.83. The average molecular weight is 314 g/mol. The number of aryl methyl sites for hydroxylation is 2. The van der Waals surface area contributed by atoms with Crippen molar-refractivity contribution in [1.82, 2.24) is 0 Å². The van der Waals surface area contributed by atoms with Gasteiger partial charge in [0, 0.05) is 5.39 Å². The quantitative estimate of drug-likeness (QED) is 0.406. The van der Waals surface area contributed by atoms with Crippen LogP contribution in [0.25, 0.3) is 10.8 Å². The predicted molar refractivity (Wildman–Crippen MR) is 99.6 cm³/mol. The van der Waals surface area contributed by atoms with Crippen LogP contribution in [0.3, 0.4) is 0 Å². The van der Waals surface area contributed by atoms with Crippen LogP contribution in [0.1, 0.15) is 76.3 Å². The molecule has 0 N–H and O–H groups in total. The second kappa shape index (κ2) is 9.70. The molecule has 0 saturated heterocycles. The van der Waals surface area contributed by atoms with E-state index in [1.165, 1.54) is 56.9 Å². The molecule has 0 saturated carbocycles. The third kappa shape index (κ3) is 5.64. The third-order valence-electron chi connectivity index (χ3n) is 4.67. The first-order valence-electron chi connectivity index (χ1n) is 9.45. The number of unbranched alkanes of at least 4 members (excludes halogenated alkanes) is 6. The highest BCUT2D eigenvalue weighted by molar-refractivity contribution is 5.84. The summed E-state index contributed by atoms with van der Waals surface area (Å²) in [5.41, 5.74) is 2.40. The molecule has 0 heterocycles. The molecule has 0 bridgehead atoms. The van der Waals surface area contributed by atoms with Gasteiger partial charge in [0.2, 0.25) is 0 Å². The lowest BCUT2D eigenvalue weighted by atomic mass is 9.98. The van der Waals surface area contributed by atoms with Gasteiger partial charge in [-0.3, -0.25) is 0 Å². The smallest absolute Gasteiger partial charge is 0.131 e. The largest absolute Gasteiger partial charge is 0.206 e. The second-order valence-electron chi connectivity index (χ2n) is 6.75. The minimum atomic E-state index is -0.0524. The number of rotatable bonds is 10. The SMILES string of the molecule is CCCCCCCc1cc(F)c2cc(CCCCC)ccc2c1. The molecule has 1 heteroatoms. The van der Waals surface area contributed by atoms with Crippen LogP contribution in [-0.2, 0) is 12.8 Å². The number of benzene rings is 2. The van der Waals surface area contributed by atoms with Crippen LogP contribution in [-0.4, -0.2) is 0 Å². The highest BCUT2D eigenvalue weighted by Gasteiger charge is 2.05. The van der Waals surface area contributed by atoms with Crippen LogP contribution < -0.4 is 0 Å². The van der Waals surface area contributed by atoms with Gasteiger partial charge in [-0.15, -0.1) is 0 Å². The minimum Gasteiger partial charge on any atom is -0.206 e. The van der Waals surface area contributed by atoms with E-state index in [-0.39, 0.29) is 5.82 Å². The molecule has 0 radical (unpaired) electrons. The zero-order chi connectivity index (χ0) is 16.5. The topological polar surface area (TPSA) is 0 Å². The maximum Gasteiger partial charge on any atom is 0.131 e. The zero-order valence-electron chi connectivity index (χ0n) is 14.8. The Morgan fingerprint density at radius 3 is 2.13 bits per heavy atom. The van der Waals surface area contributed by atoms with Crippen molar-refractivity contribution in [2.24, 2.45) is 0 Å². The number of halogens is 1. The lowest BCUT2D eigenvalue weighted by Gasteiger charge is -2.08. The Bertz CT molecular complexity index is 600. The Balaban J connectivity index is 2.02. The number of fused-ring (bicyclic) bond motifs is 1. The fraction of sp³-hybridized carbons (Fsp3) is 0.545. The predicted octanol–water partition coefficient (Wildman–Crippen LogP) is 7.22. The van der Waals surface area contributed by atoms with E-state index in [4.69, 9.17) is 0 Å². The van der Waals surface area contributed by atoms with Crippen LogP contribution in [0.2, 0.25) is 0 Å². The summed E-state index contributed by atoms with van der Waals surface area (Å²) in [6.07, 6.45) is 12.0. The van der Waals surface area contributed by atoms with Crippen molar-refractivity contribution in [2.45, 2.75) is 78.1 Å². The molecule has 0 fully saturated rings. The fourth-order valence-electron chi connectivity index (χ4n) is 3.23. The molecule has 0 aliphatic heterocycles.